The monoisotopic (exact) mass is 291 g/mol. The van der Waals surface area contributed by atoms with Crippen molar-refractivity contribution in [1.82, 2.24) is 5.32 Å². The third-order valence-electron chi connectivity index (χ3n) is 2.08. The zero-order valence-corrected chi connectivity index (χ0v) is 11.8. The van der Waals surface area contributed by atoms with Gasteiger partial charge in [0, 0.05) is 6.54 Å². The van der Waals surface area contributed by atoms with Gasteiger partial charge in [0.05, 0.1) is 59.5 Å². The van der Waals surface area contributed by atoms with Gasteiger partial charge in [-0.1, -0.05) is 6.58 Å². The van der Waals surface area contributed by atoms with Crippen molar-refractivity contribution in [2.45, 2.75) is 0 Å². The summed E-state index contributed by atoms with van der Waals surface area (Å²) in [5.74, 6) is -0.204. The van der Waals surface area contributed by atoms with Crippen molar-refractivity contribution in [1.29, 1.82) is 0 Å². The molecule has 0 rings (SSSR count). The summed E-state index contributed by atoms with van der Waals surface area (Å²) in [5, 5.41) is 11.1. The van der Waals surface area contributed by atoms with E-state index in [1.807, 2.05) is 0 Å². The van der Waals surface area contributed by atoms with Crippen molar-refractivity contribution in [3.05, 3.63) is 12.7 Å². The van der Waals surface area contributed by atoms with Crippen LogP contribution in [0.2, 0.25) is 0 Å². The molecule has 0 bridgehead atoms. The summed E-state index contributed by atoms with van der Waals surface area (Å²) in [5.41, 5.74) is 0. The molecule has 7 heteroatoms. The quantitative estimate of drug-likeness (QED) is 0.308. The number of aliphatic hydroxyl groups is 1. The van der Waals surface area contributed by atoms with E-state index in [9.17, 15) is 4.79 Å². The molecule has 0 heterocycles. The molecule has 2 N–H and O–H groups in total. The lowest BCUT2D eigenvalue weighted by Gasteiger charge is -2.07. The smallest absolute Gasteiger partial charge is 0.243 e. The fourth-order valence-corrected chi connectivity index (χ4v) is 1.14. The van der Waals surface area contributed by atoms with Gasteiger partial charge in [0.25, 0.3) is 0 Å². The predicted molar refractivity (Wildman–Crippen MR) is 73.6 cm³/mol. The largest absolute Gasteiger partial charge is 0.394 e. The Morgan fingerprint density at radius 2 is 1.35 bits per heavy atom. The van der Waals surface area contributed by atoms with E-state index < -0.39 is 0 Å². The van der Waals surface area contributed by atoms with E-state index >= 15 is 0 Å². The minimum atomic E-state index is -0.204. The molecule has 0 aromatic heterocycles. The van der Waals surface area contributed by atoms with E-state index in [2.05, 4.69) is 11.9 Å². The summed E-state index contributed by atoms with van der Waals surface area (Å²) in [6.07, 6.45) is 1.22. The minimum Gasteiger partial charge on any atom is -0.394 e. The molecular weight excluding hydrogens is 266 g/mol. The van der Waals surface area contributed by atoms with Gasteiger partial charge in [0.2, 0.25) is 5.91 Å². The summed E-state index contributed by atoms with van der Waals surface area (Å²) in [6.45, 7) is 7.53. The van der Waals surface area contributed by atoms with Gasteiger partial charge in [-0.2, -0.15) is 0 Å². The van der Waals surface area contributed by atoms with Gasteiger partial charge in [0.1, 0.15) is 0 Å². The van der Waals surface area contributed by atoms with Crippen LogP contribution in [0.15, 0.2) is 12.7 Å². The van der Waals surface area contributed by atoms with Crippen LogP contribution >= 0.6 is 0 Å². The second-order valence-corrected chi connectivity index (χ2v) is 3.67. The SMILES string of the molecule is C=CC(=O)NCCOCCOCCOCCOCCO. The van der Waals surface area contributed by atoms with Crippen molar-refractivity contribution in [3.8, 4) is 0 Å². The second-order valence-electron chi connectivity index (χ2n) is 3.67. The molecule has 0 aliphatic carbocycles. The maximum absolute atomic E-state index is 10.8. The van der Waals surface area contributed by atoms with Gasteiger partial charge in [0.15, 0.2) is 0 Å². The molecule has 20 heavy (non-hydrogen) atoms. The molecule has 0 atom stereocenters. The number of hydrogen-bond donors (Lipinski definition) is 2. The van der Waals surface area contributed by atoms with Crippen LogP contribution in [0.3, 0.4) is 0 Å². The Balaban J connectivity index is 2.99. The van der Waals surface area contributed by atoms with Crippen LogP contribution in [0, 0.1) is 0 Å². The van der Waals surface area contributed by atoms with Crippen molar-refractivity contribution < 1.29 is 28.8 Å². The van der Waals surface area contributed by atoms with Gasteiger partial charge in [-0.25, -0.2) is 0 Å². The average molecular weight is 291 g/mol. The van der Waals surface area contributed by atoms with E-state index in [-0.39, 0.29) is 12.5 Å². The third-order valence-corrected chi connectivity index (χ3v) is 2.08. The predicted octanol–water partition coefficient (Wildman–Crippen LogP) is -0.653. The van der Waals surface area contributed by atoms with Gasteiger partial charge >= 0.3 is 0 Å². The highest BCUT2D eigenvalue weighted by atomic mass is 16.6. The van der Waals surface area contributed by atoms with E-state index in [0.29, 0.717) is 59.4 Å². The Morgan fingerprint density at radius 1 is 0.900 bits per heavy atom. The van der Waals surface area contributed by atoms with Crippen molar-refractivity contribution in [3.63, 3.8) is 0 Å². The number of amides is 1. The van der Waals surface area contributed by atoms with E-state index in [1.54, 1.807) is 0 Å². The third kappa shape index (κ3) is 15.1. The van der Waals surface area contributed by atoms with Gasteiger partial charge < -0.3 is 29.4 Å². The van der Waals surface area contributed by atoms with Gasteiger partial charge in [-0.05, 0) is 6.08 Å². The molecule has 0 spiro atoms. The van der Waals surface area contributed by atoms with Crippen LogP contribution in [-0.2, 0) is 23.7 Å². The maximum atomic E-state index is 10.8. The number of hydrogen-bond acceptors (Lipinski definition) is 6. The molecule has 1 amide bonds. The van der Waals surface area contributed by atoms with E-state index in [0.717, 1.165) is 0 Å². The molecular formula is C13H25NO6. The van der Waals surface area contributed by atoms with Crippen LogP contribution in [0.25, 0.3) is 0 Å². The lowest BCUT2D eigenvalue weighted by molar-refractivity contribution is -0.116. The first kappa shape index (κ1) is 19.0. The summed E-state index contributed by atoms with van der Waals surface area (Å²) in [7, 11) is 0. The number of ether oxygens (including phenoxy) is 4. The minimum absolute atomic E-state index is 0.0282. The Hall–Kier alpha value is -0.990. The van der Waals surface area contributed by atoms with E-state index in [4.69, 9.17) is 24.1 Å². The highest BCUT2D eigenvalue weighted by molar-refractivity contribution is 5.86. The molecule has 0 aromatic rings. The Bertz CT molecular complexity index is 237. The Kier molecular flexibility index (Phi) is 15.3. The molecule has 0 saturated heterocycles. The van der Waals surface area contributed by atoms with E-state index in [1.165, 1.54) is 6.08 Å². The molecule has 0 aromatic carbocycles. The number of carbonyl (C=O) groups is 1. The number of aliphatic hydroxyl groups excluding tert-OH is 1. The topological polar surface area (TPSA) is 86.3 Å². The van der Waals surface area contributed by atoms with Crippen LogP contribution < -0.4 is 5.32 Å². The van der Waals surface area contributed by atoms with Gasteiger partial charge in [-0.15, -0.1) is 0 Å². The molecule has 7 nitrogen and oxygen atoms in total. The normalized spacial score (nSPS) is 10.4. The number of nitrogens with one attached hydrogen (secondary N) is 1. The lowest BCUT2D eigenvalue weighted by atomic mass is 10.5. The fourth-order valence-electron chi connectivity index (χ4n) is 1.14. The van der Waals surface area contributed by atoms with Crippen molar-refractivity contribution >= 4 is 5.91 Å². The first-order valence-corrected chi connectivity index (χ1v) is 6.63. The van der Waals surface area contributed by atoms with Crippen molar-refractivity contribution in [2.75, 3.05) is 66.0 Å². The van der Waals surface area contributed by atoms with Crippen molar-refractivity contribution in [2.24, 2.45) is 0 Å². The fraction of sp³-hybridized carbons (Fsp3) is 0.769. The molecule has 0 radical (unpaired) electrons. The standard InChI is InChI=1S/C13H25NO6/c1-2-13(16)14-3-5-17-7-9-19-11-12-20-10-8-18-6-4-15/h2,15H,1,3-12H2,(H,14,16). The van der Waals surface area contributed by atoms with Crippen LogP contribution in [0.5, 0.6) is 0 Å². The highest BCUT2D eigenvalue weighted by Gasteiger charge is 1.94. The molecule has 0 saturated carbocycles. The summed E-state index contributed by atoms with van der Waals surface area (Å²) in [6, 6.07) is 0. The first-order valence-electron chi connectivity index (χ1n) is 6.63. The van der Waals surface area contributed by atoms with Crippen LogP contribution in [0.1, 0.15) is 0 Å². The highest BCUT2D eigenvalue weighted by Crippen LogP contribution is 1.82. The average Bonchev–Trinajstić information content (AvgIpc) is 2.47. The lowest BCUT2D eigenvalue weighted by Crippen LogP contribution is -2.25. The number of carbonyl (C=O) groups excluding carboxylic acids is 1. The molecule has 0 unspecified atom stereocenters. The second kappa shape index (κ2) is 16.1. The zero-order chi connectivity index (χ0) is 14.9. The molecule has 0 fully saturated rings. The van der Waals surface area contributed by atoms with Crippen LogP contribution in [-0.4, -0.2) is 77.0 Å². The summed E-state index contributed by atoms with van der Waals surface area (Å²) >= 11 is 0. The first-order chi connectivity index (χ1) is 9.81. The Labute approximate surface area is 119 Å². The Morgan fingerprint density at radius 3 is 1.80 bits per heavy atom. The molecule has 0 aliphatic rings. The molecule has 0 aliphatic heterocycles. The van der Waals surface area contributed by atoms with Crippen LogP contribution in [0.4, 0.5) is 0 Å². The summed E-state index contributed by atoms with van der Waals surface area (Å²) in [4.78, 5) is 10.8. The van der Waals surface area contributed by atoms with Gasteiger partial charge in [-0.3, -0.25) is 4.79 Å². The molecule has 118 valence electrons. The summed E-state index contributed by atoms with van der Waals surface area (Å²) < 4.78 is 20.8. The zero-order valence-electron chi connectivity index (χ0n) is 11.8. The number of rotatable bonds is 15. The maximum Gasteiger partial charge on any atom is 0.243 e.